The van der Waals surface area contributed by atoms with Crippen LogP contribution in [0.1, 0.15) is 25.3 Å². The number of benzene rings is 2. The standard InChI is InChI=1S/C21H25O3PS/c1-2-24-21(22)19(15-9-12-17-10-5-3-6-11-17)20(25-23)16-26-18-13-7-4-8-14-18/h3-8,10-11,13-14,19-20H,2,9,12,15-16H2,1H3/p+1. The molecule has 3 nitrogen and oxygen atoms in total. The summed E-state index contributed by atoms with van der Waals surface area (Å²) in [5.74, 6) is 0.120. The lowest BCUT2D eigenvalue weighted by Gasteiger charge is -2.17. The van der Waals surface area contributed by atoms with E-state index in [1.54, 1.807) is 11.8 Å². The molecule has 0 spiro atoms. The lowest BCUT2D eigenvalue weighted by atomic mass is 9.97. The van der Waals surface area contributed by atoms with Crippen LogP contribution < -0.4 is 0 Å². The Morgan fingerprint density at radius 3 is 2.35 bits per heavy atom. The zero-order valence-corrected chi connectivity index (χ0v) is 16.9. The molecular formula is C21H26O3PS+. The molecule has 2 aromatic carbocycles. The Labute approximate surface area is 161 Å². The second kappa shape index (κ2) is 11.9. The molecule has 0 fully saturated rings. The first-order valence-electron chi connectivity index (χ1n) is 9.00. The Kier molecular flexibility index (Phi) is 9.44. The van der Waals surface area contributed by atoms with Gasteiger partial charge in [0.2, 0.25) is 0 Å². The maximum absolute atomic E-state index is 12.4. The number of carbonyl (C=O) groups excluding carboxylic acids is 1. The van der Waals surface area contributed by atoms with Crippen LogP contribution in [-0.2, 0) is 20.5 Å². The molecule has 0 aromatic heterocycles. The van der Waals surface area contributed by atoms with Crippen LogP contribution in [0.15, 0.2) is 65.6 Å². The van der Waals surface area contributed by atoms with Crippen molar-refractivity contribution in [1.29, 1.82) is 0 Å². The second-order valence-corrected chi connectivity index (χ2v) is 8.16. The number of ether oxygens (including phenoxy) is 1. The highest BCUT2D eigenvalue weighted by atomic mass is 32.2. The molecule has 2 aromatic rings. The first-order chi connectivity index (χ1) is 12.7. The summed E-state index contributed by atoms with van der Waals surface area (Å²) >= 11 is 1.65. The summed E-state index contributed by atoms with van der Waals surface area (Å²) < 4.78 is 17.1. The fraction of sp³-hybridized carbons (Fsp3) is 0.381. The largest absolute Gasteiger partial charge is 0.466 e. The molecule has 0 heterocycles. The molecule has 2 rings (SSSR count). The van der Waals surface area contributed by atoms with Crippen molar-refractivity contribution < 1.29 is 14.1 Å². The average molecular weight is 389 g/mol. The van der Waals surface area contributed by atoms with Crippen LogP contribution in [0.2, 0.25) is 0 Å². The van der Waals surface area contributed by atoms with Crippen molar-refractivity contribution in [2.45, 2.75) is 36.7 Å². The smallest absolute Gasteiger partial charge is 0.329 e. The quantitative estimate of drug-likeness (QED) is 0.294. The molecule has 0 N–H and O–H groups in total. The molecule has 5 heteroatoms. The molecule has 0 saturated carbocycles. The van der Waals surface area contributed by atoms with Gasteiger partial charge in [-0.15, -0.1) is 11.8 Å². The fourth-order valence-corrected chi connectivity index (χ4v) is 4.78. The molecule has 0 radical (unpaired) electrons. The summed E-state index contributed by atoms with van der Waals surface area (Å²) in [4.78, 5) is 13.6. The molecular weight excluding hydrogens is 363 g/mol. The summed E-state index contributed by atoms with van der Waals surface area (Å²) in [5.41, 5.74) is 1.07. The summed E-state index contributed by atoms with van der Waals surface area (Å²) in [6.45, 7) is 2.17. The van der Waals surface area contributed by atoms with E-state index in [2.05, 4.69) is 12.1 Å². The van der Waals surface area contributed by atoms with Crippen LogP contribution in [0, 0.1) is 5.92 Å². The molecule has 0 aliphatic carbocycles. The number of hydrogen-bond donors (Lipinski definition) is 0. The molecule has 3 unspecified atom stereocenters. The minimum atomic E-state index is -0.516. The predicted octanol–water partition coefficient (Wildman–Crippen LogP) is 5.37. The highest BCUT2D eigenvalue weighted by Gasteiger charge is 2.35. The van der Waals surface area contributed by atoms with E-state index in [1.807, 2.05) is 55.5 Å². The van der Waals surface area contributed by atoms with Crippen molar-refractivity contribution in [3.63, 3.8) is 0 Å². The molecule has 0 aliphatic rings. The number of rotatable bonds is 11. The summed E-state index contributed by atoms with van der Waals surface area (Å²) in [5, 5.41) is 0. The third-order valence-electron chi connectivity index (χ3n) is 4.22. The number of aryl methyl sites for hydroxylation is 1. The third kappa shape index (κ3) is 6.93. The van der Waals surface area contributed by atoms with Crippen LogP contribution in [-0.4, -0.2) is 24.0 Å². The molecule has 0 saturated heterocycles. The number of carbonyl (C=O) groups is 1. The van der Waals surface area contributed by atoms with E-state index < -0.39 is 8.46 Å². The highest BCUT2D eigenvalue weighted by molar-refractivity contribution is 7.99. The number of thioether (sulfide) groups is 1. The molecule has 3 atom stereocenters. The van der Waals surface area contributed by atoms with Gasteiger partial charge in [-0.25, -0.2) is 0 Å². The van der Waals surface area contributed by atoms with Crippen LogP contribution in [0.3, 0.4) is 0 Å². The fourth-order valence-electron chi connectivity index (χ4n) is 2.84. The van der Waals surface area contributed by atoms with Gasteiger partial charge < -0.3 is 4.74 Å². The lowest BCUT2D eigenvalue weighted by molar-refractivity contribution is -0.148. The van der Waals surface area contributed by atoms with Crippen LogP contribution in [0.25, 0.3) is 0 Å². The Morgan fingerprint density at radius 2 is 1.73 bits per heavy atom. The summed E-state index contributed by atoms with van der Waals surface area (Å²) in [6.07, 6.45) is 2.49. The minimum absolute atomic E-state index is 0.185. The van der Waals surface area contributed by atoms with Crippen molar-refractivity contribution in [2.75, 3.05) is 12.4 Å². The Balaban J connectivity index is 1.96. The van der Waals surface area contributed by atoms with E-state index >= 15 is 0 Å². The maximum atomic E-state index is 12.4. The molecule has 0 amide bonds. The zero-order chi connectivity index (χ0) is 18.6. The monoisotopic (exact) mass is 389 g/mol. The van der Waals surface area contributed by atoms with E-state index in [0.717, 1.165) is 17.7 Å². The summed E-state index contributed by atoms with van der Waals surface area (Å²) in [7, 11) is -0.516. The molecule has 0 aliphatic heterocycles. The lowest BCUT2D eigenvalue weighted by Crippen LogP contribution is -2.28. The molecule has 0 bridgehead atoms. The number of hydrogen-bond acceptors (Lipinski definition) is 4. The Morgan fingerprint density at radius 1 is 1.08 bits per heavy atom. The number of esters is 1. The van der Waals surface area contributed by atoms with Gasteiger partial charge in [0, 0.05) is 10.6 Å². The Bertz CT molecular complexity index is 663. The van der Waals surface area contributed by atoms with E-state index in [4.69, 9.17) is 4.74 Å². The van der Waals surface area contributed by atoms with E-state index in [1.165, 1.54) is 5.56 Å². The first kappa shape index (κ1) is 20.7. The van der Waals surface area contributed by atoms with Crippen LogP contribution in [0.5, 0.6) is 0 Å². The predicted molar refractivity (Wildman–Crippen MR) is 109 cm³/mol. The zero-order valence-electron chi connectivity index (χ0n) is 15.1. The van der Waals surface area contributed by atoms with E-state index in [-0.39, 0.29) is 17.5 Å². The normalized spacial score (nSPS) is 13.3. The Hall–Kier alpha value is -1.64. The summed E-state index contributed by atoms with van der Waals surface area (Å²) in [6, 6.07) is 20.2. The van der Waals surface area contributed by atoms with Crippen molar-refractivity contribution in [2.24, 2.45) is 5.92 Å². The van der Waals surface area contributed by atoms with Crippen molar-refractivity contribution in [3.05, 3.63) is 66.2 Å². The van der Waals surface area contributed by atoms with Gasteiger partial charge >= 0.3 is 14.4 Å². The maximum Gasteiger partial charge on any atom is 0.329 e. The van der Waals surface area contributed by atoms with Crippen molar-refractivity contribution in [1.82, 2.24) is 0 Å². The van der Waals surface area contributed by atoms with Gasteiger partial charge in [-0.05, 0) is 43.9 Å². The minimum Gasteiger partial charge on any atom is -0.466 e. The van der Waals surface area contributed by atoms with Crippen molar-refractivity contribution in [3.8, 4) is 0 Å². The topological polar surface area (TPSA) is 43.4 Å². The van der Waals surface area contributed by atoms with Crippen LogP contribution in [0.4, 0.5) is 0 Å². The van der Waals surface area contributed by atoms with Gasteiger partial charge in [0.25, 0.3) is 0 Å². The molecule has 138 valence electrons. The SMILES string of the molecule is CCOC(=O)C(CCCc1ccccc1)C(CSc1ccccc1)[PH+]=O. The van der Waals surface area contributed by atoms with E-state index in [9.17, 15) is 9.36 Å². The van der Waals surface area contributed by atoms with Crippen LogP contribution >= 0.6 is 20.2 Å². The second-order valence-electron chi connectivity index (χ2n) is 6.08. The van der Waals surface area contributed by atoms with Gasteiger partial charge in [-0.1, -0.05) is 53.1 Å². The van der Waals surface area contributed by atoms with Crippen molar-refractivity contribution >= 4 is 26.2 Å². The third-order valence-corrected chi connectivity index (χ3v) is 6.56. The van der Waals surface area contributed by atoms with Gasteiger partial charge in [0.15, 0.2) is 5.66 Å². The van der Waals surface area contributed by atoms with Gasteiger partial charge in [-0.3, -0.25) is 4.79 Å². The van der Waals surface area contributed by atoms with Gasteiger partial charge in [-0.2, -0.15) is 0 Å². The van der Waals surface area contributed by atoms with Gasteiger partial charge in [0.1, 0.15) is 5.92 Å². The van der Waals surface area contributed by atoms with E-state index in [0.29, 0.717) is 18.8 Å². The van der Waals surface area contributed by atoms with Gasteiger partial charge in [0.05, 0.1) is 6.61 Å². The average Bonchev–Trinajstić information content (AvgIpc) is 2.68. The first-order valence-corrected chi connectivity index (χ1v) is 11.0. The highest BCUT2D eigenvalue weighted by Crippen LogP contribution is 2.30. The molecule has 26 heavy (non-hydrogen) atoms.